The number of carbonyl (C=O) groups excluding carboxylic acids is 2. The molecule has 28 heavy (non-hydrogen) atoms. The van der Waals surface area contributed by atoms with Crippen LogP contribution in [0.25, 0.3) is 0 Å². The Morgan fingerprint density at radius 1 is 1.11 bits per heavy atom. The third-order valence-corrected chi connectivity index (χ3v) is 5.47. The van der Waals surface area contributed by atoms with Crippen LogP contribution in [0.4, 0.5) is 0 Å². The van der Waals surface area contributed by atoms with Gasteiger partial charge < -0.3 is 19.7 Å². The van der Waals surface area contributed by atoms with Gasteiger partial charge in [0.15, 0.2) is 11.5 Å². The molecule has 0 saturated carbocycles. The van der Waals surface area contributed by atoms with Gasteiger partial charge in [-0.2, -0.15) is 11.3 Å². The van der Waals surface area contributed by atoms with Crippen LogP contribution in [0.5, 0.6) is 11.5 Å². The van der Waals surface area contributed by atoms with Gasteiger partial charge in [-0.25, -0.2) is 0 Å². The molecule has 8 heteroatoms. The van der Waals surface area contributed by atoms with E-state index in [4.69, 9.17) is 9.47 Å². The van der Waals surface area contributed by atoms with Gasteiger partial charge in [0.25, 0.3) is 11.8 Å². The van der Waals surface area contributed by atoms with Crippen molar-refractivity contribution in [3.63, 3.8) is 0 Å². The Morgan fingerprint density at radius 2 is 1.89 bits per heavy atom. The second kappa shape index (κ2) is 9.57. The summed E-state index contributed by atoms with van der Waals surface area (Å²) in [5.41, 5.74) is 1.21. The summed E-state index contributed by atoms with van der Waals surface area (Å²) >= 11 is 1.53. The topological polar surface area (TPSA) is 71.1 Å². The molecule has 2 heterocycles. The van der Waals surface area contributed by atoms with Crippen LogP contribution in [0.3, 0.4) is 0 Å². The summed E-state index contributed by atoms with van der Waals surface area (Å²) in [5.74, 6) is 0.867. The van der Waals surface area contributed by atoms with Gasteiger partial charge in [-0.05, 0) is 23.6 Å². The lowest BCUT2D eigenvalue weighted by Gasteiger charge is -2.34. The minimum atomic E-state index is -0.193. The third kappa shape index (κ3) is 4.63. The normalized spacial score (nSPS) is 14.6. The van der Waals surface area contributed by atoms with Crippen molar-refractivity contribution in [2.45, 2.75) is 0 Å². The number of nitrogens with zero attached hydrogens (tertiary/aromatic N) is 2. The molecule has 1 aliphatic heterocycles. The summed E-state index contributed by atoms with van der Waals surface area (Å²) in [4.78, 5) is 29.0. The number of para-hydroxylation sites is 1. The van der Waals surface area contributed by atoms with Crippen LogP contribution in [0, 0.1) is 0 Å². The summed E-state index contributed by atoms with van der Waals surface area (Å²) in [6.45, 7) is 4.26. The predicted molar refractivity (Wildman–Crippen MR) is 109 cm³/mol. The summed E-state index contributed by atoms with van der Waals surface area (Å²) in [6.07, 6.45) is 0. The first-order chi connectivity index (χ1) is 13.6. The lowest BCUT2D eigenvalue weighted by molar-refractivity contribution is 0.0638. The molecule has 150 valence electrons. The predicted octanol–water partition coefficient (Wildman–Crippen LogP) is 1.95. The Kier molecular flexibility index (Phi) is 6.89. The first-order valence-electron chi connectivity index (χ1n) is 9.17. The number of thiophene rings is 1. The van der Waals surface area contributed by atoms with Gasteiger partial charge in [0.1, 0.15) is 0 Å². The second-order valence-electron chi connectivity index (χ2n) is 6.44. The van der Waals surface area contributed by atoms with E-state index in [1.54, 1.807) is 25.3 Å². The maximum absolute atomic E-state index is 12.5. The average Bonchev–Trinajstić information content (AvgIpc) is 3.27. The van der Waals surface area contributed by atoms with Crippen LogP contribution >= 0.6 is 11.3 Å². The molecule has 0 atom stereocenters. The number of carbonyl (C=O) groups is 2. The van der Waals surface area contributed by atoms with E-state index in [-0.39, 0.29) is 11.8 Å². The molecule has 0 bridgehead atoms. The number of piperazine rings is 1. The molecule has 3 rings (SSSR count). The first-order valence-corrected chi connectivity index (χ1v) is 10.1. The molecule has 2 amide bonds. The van der Waals surface area contributed by atoms with E-state index < -0.39 is 0 Å². The maximum atomic E-state index is 12.5. The first kappa shape index (κ1) is 20.2. The zero-order chi connectivity index (χ0) is 19.9. The SMILES string of the molecule is COc1cccc(C(=O)NCCN2CCN(C(=O)c3ccsc3)CC2)c1OC. The molecule has 0 unspecified atom stereocenters. The van der Waals surface area contributed by atoms with E-state index in [2.05, 4.69) is 10.2 Å². The molecule has 1 saturated heterocycles. The van der Waals surface area contributed by atoms with E-state index in [9.17, 15) is 9.59 Å². The molecule has 7 nitrogen and oxygen atoms in total. The van der Waals surface area contributed by atoms with E-state index in [1.165, 1.54) is 18.4 Å². The maximum Gasteiger partial charge on any atom is 0.255 e. The molecule has 2 aromatic rings. The lowest BCUT2D eigenvalue weighted by Crippen LogP contribution is -2.50. The Balaban J connectivity index is 1.45. The summed E-state index contributed by atoms with van der Waals surface area (Å²) in [6, 6.07) is 7.10. The second-order valence-corrected chi connectivity index (χ2v) is 7.22. The number of benzene rings is 1. The lowest BCUT2D eigenvalue weighted by atomic mass is 10.1. The zero-order valence-electron chi connectivity index (χ0n) is 16.1. The fourth-order valence-corrected chi connectivity index (χ4v) is 3.86. The minimum Gasteiger partial charge on any atom is -0.493 e. The molecule has 1 fully saturated rings. The van der Waals surface area contributed by atoms with Gasteiger partial charge in [-0.15, -0.1) is 0 Å². The van der Waals surface area contributed by atoms with Crippen LogP contribution in [0.2, 0.25) is 0 Å². The van der Waals surface area contributed by atoms with E-state index in [0.29, 0.717) is 36.7 Å². The number of rotatable bonds is 7. The Morgan fingerprint density at radius 3 is 2.54 bits per heavy atom. The van der Waals surface area contributed by atoms with Gasteiger partial charge in [-0.1, -0.05) is 6.07 Å². The van der Waals surface area contributed by atoms with Gasteiger partial charge >= 0.3 is 0 Å². The van der Waals surface area contributed by atoms with Crippen LogP contribution in [-0.4, -0.2) is 75.1 Å². The van der Waals surface area contributed by atoms with Crippen molar-refractivity contribution in [2.24, 2.45) is 0 Å². The van der Waals surface area contributed by atoms with Crippen LogP contribution in [-0.2, 0) is 0 Å². The Hall–Kier alpha value is -2.58. The molecular weight excluding hydrogens is 378 g/mol. The monoisotopic (exact) mass is 403 g/mol. The highest BCUT2D eigenvalue weighted by molar-refractivity contribution is 7.08. The van der Waals surface area contributed by atoms with Crippen molar-refractivity contribution in [2.75, 3.05) is 53.5 Å². The molecule has 0 aliphatic carbocycles. The number of methoxy groups -OCH3 is 2. The van der Waals surface area contributed by atoms with E-state index >= 15 is 0 Å². The number of amides is 2. The minimum absolute atomic E-state index is 0.0966. The van der Waals surface area contributed by atoms with E-state index in [0.717, 1.165) is 25.2 Å². The van der Waals surface area contributed by atoms with Crippen molar-refractivity contribution in [3.05, 3.63) is 46.2 Å². The summed E-state index contributed by atoms with van der Waals surface area (Å²) in [5, 5.41) is 6.74. The molecule has 1 N–H and O–H groups in total. The fraction of sp³-hybridized carbons (Fsp3) is 0.400. The number of hydrogen-bond acceptors (Lipinski definition) is 6. The van der Waals surface area contributed by atoms with Gasteiger partial charge in [0.2, 0.25) is 0 Å². The standard InChI is InChI=1S/C20H25N3O4S/c1-26-17-5-3-4-16(18(17)27-2)19(24)21-7-8-22-9-11-23(12-10-22)20(25)15-6-13-28-14-15/h3-6,13-14H,7-12H2,1-2H3,(H,21,24). The summed E-state index contributed by atoms with van der Waals surface area (Å²) in [7, 11) is 3.06. The number of hydrogen-bond donors (Lipinski definition) is 1. The molecule has 1 aliphatic rings. The van der Waals surface area contributed by atoms with Gasteiger partial charge in [0.05, 0.1) is 25.3 Å². The quantitative estimate of drug-likeness (QED) is 0.765. The van der Waals surface area contributed by atoms with Crippen molar-refractivity contribution < 1.29 is 19.1 Å². The summed E-state index contributed by atoms with van der Waals surface area (Å²) < 4.78 is 10.6. The largest absolute Gasteiger partial charge is 0.493 e. The van der Waals surface area contributed by atoms with Crippen LogP contribution in [0.1, 0.15) is 20.7 Å². The van der Waals surface area contributed by atoms with Crippen molar-refractivity contribution in [1.29, 1.82) is 0 Å². The van der Waals surface area contributed by atoms with E-state index in [1.807, 2.05) is 21.7 Å². The highest BCUT2D eigenvalue weighted by atomic mass is 32.1. The number of ether oxygens (including phenoxy) is 2. The third-order valence-electron chi connectivity index (χ3n) is 4.79. The smallest absolute Gasteiger partial charge is 0.255 e. The highest BCUT2D eigenvalue weighted by Gasteiger charge is 2.22. The fourth-order valence-electron chi connectivity index (χ4n) is 3.23. The molecule has 1 aromatic carbocycles. The molecule has 0 spiro atoms. The van der Waals surface area contributed by atoms with Gasteiger partial charge in [0, 0.05) is 44.6 Å². The molecule has 0 radical (unpaired) electrons. The van der Waals surface area contributed by atoms with Crippen molar-refractivity contribution in [1.82, 2.24) is 15.1 Å². The van der Waals surface area contributed by atoms with Gasteiger partial charge in [-0.3, -0.25) is 14.5 Å². The Labute approximate surface area is 168 Å². The Bertz CT molecular complexity index is 802. The zero-order valence-corrected chi connectivity index (χ0v) is 17.0. The number of nitrogens with one attached hydrogen (secondary N) is 1. The van der Waals surface area contributed by atoms with Crippen molar-refractivity contribution in [3.8, 4) is 11.5 Å². The van der Waals surface area contributed by atoms with Crippen LogP contribution in [0.15, 0.2) is 35.0 Å². The van der Waals surface area contributed by atoms with Crippen molar-refractivity contribution >= 4 is 23.2 Å². The molecular formula is C20H25N3O4S. The molecule has 1 aromatic heterocycles. The van der Waals surface area contributed by atoms with Crippen LogP contribution < -0.4 is 14.8 Å². The average molecular weight is 404 g/mol. The highest BCUT2D eigenvalue weighted by Crippen LogP contribution is 2.30.